The summed E-state index contributed by atoms with van der Waals surface area (Å²) in [7, 11) is 0. The molecule has 0 unspecified atom stereocenters. The Morgan fingerprint density at radius 2 is 1.73 bits per heavy atom. The zero-order chi connectivity index (χ0) is 10.5. The molecule has 0 spiro atoms. The Hall–Kier alpha value is -0.560. The summed E-state index contributed by atoms with van der Waals surface area (Å²) in [5.41, 5.74) is 1.30. The molecule has 1 heteroatoms. The normalized spacial score (nSPS) is 19.1. The van der Waals surface area contributed by atoms with E-state index in [2.05, 4.69) is 52.3 Å². The molecule has 1 aromatic carbocycles. The fourth-order valence-corrected chi connectivity index (χ4v) is 2.93. The highest BCUT2D eigenvalue weighted by Crippen LogP contribution is 2.33. The average Bonchev–Trinajstić information content (AvgIpc) is 2.31. The zero-order valence-electron chi connectivity index (χ0n) is 8.95. The molecule has 0 N–H and O–H groups in total. The second-order valence-corrected chi connectivity index (χ2v) is 5.19. The predicted octanol–water partition coefficient (Wildman–Crippen LogP) is 5.00. The molecule has 0 heterocycles. The highest BCUT2D eigenvalue weighted by Gasteiger charge is 2.15. The number of allylic oxidation sites excluding steroid dienone is 1. The van der Waals surface area contributed by atoms with Crippen molar-refractivity contribution in [3.8, 4) is 0 Å². The minimum atomic E-state index is 0.763. The number of rotatable bonds is 2. The van der Waals surface area contributed by atoms with Gasteiger partial charge in [0, 0.05) is 0 Å². The molecule has 1 saturated carbocycles. The van der Waals surface area contributed by atoms with Gasteiger partial charge < -0.3 is 0 Å². The van der Waals surface area contributed by atoms with Crippen molar-refractivity contribution >= 4 is 22.0 Å². The molecule has 0 bridgehead atoms. The van der Waals surface area contributed by atoms with Gasteiger partial charge >= 0.3 is 0 Å². The van der Waals surface area contributed by atoms with Crippen molar-refractivity contribution in [3.63, 3.8) is 0 Å². The van der Waals surface area contributed by atoms with Crippen molar-refractivity contribution in [1.82, 2.24) is 0 Å². The summed E-state index contributed by atoms with van der Waals surface area (Å²) in [5.74, 6) is 0.763. The van der Waals surface area contributed by atoms with Gasteiger partial charge in [0.2, 0.25) is 0 Å². The molecule has 1 fully saturated rings. The highest BCUT2D eigenvalue weighted by atomic mass is 79.9. The Kier molecular flexibility index (Phi) is 4.01. The largest absolute Gasteiger partial charge is 0.0622 e. The van der Waals surface area contributed by atoms with Gasteiger partial charge in [0.25, 0.3) is 0 Å². The number of halogens is 1. The molecule has 0 atom stereocenters. The minimum Gasteiger partial charge on any atom is -0.0622 e. The summed E-state index contributed by atoms with van der Waals surface area (Å²) in [5, 5.41) is 0. The number of hydrogen-bond acceptors (Lipinski definition) is 0. The Labute approximate surface area is 101 Å². The molecular formula is C14H17Br. The zero-order valence-corrected chi connectivity index (χ0v) is 10.5. The van der Waals surface area contributed by atoms with Gasteiger partial charge in [0.15, 0.2) is 0 Å². The van der Waals surface area contributed by atoms with E-state index in [1.807, 2.05) is 0 Å². The first-order valence-electron chi connectivity index (χ1n) is 5.78. The van der Waals surface area contributed by atoms with Gasteiger partial charge in [-0.25, -0.2) is 0 Å². The van der Waals surface area contributed by atoms with Gasteiger partial charge in [-0.15, -0.1) is 0 Å². The molecule has 1 aliphatic rings. The minimum absolute atomic E-state index is 0.763. The average molecular weight is 265 g/mol. The van der Waals surface area contributed by atoms with Crippen LogP contribution in [0.4, 0.5) is 0 Å². The quantitative estimate of drug-likeness (QED) is 0.705. The second kappa shape index (κ2) is 5.50. The molecule has 2 rings (SSSR count). The smallest absolute Gasteiger partial charge is 0.00124 e. The van der Waals surface area contributed by atoms with E-state index in [0.717, 1.165) is 5.92 Å². The van der Waals surface area contributed by atoms with Gasteiger partial charge in [0.1, 0.15) is 0 Å². The van der Waals surface area contributed by atoms with Crippen LogP contribution in [0.15, 0.2) is 34.8 Å². The van der Waals surface area contributed by atoms with Crippen LogP contribution in [-0.4, -0.2) is 0 Å². The van der Waals surface area contributed by atoms with Crippen LogP contribution in [0.3, 0.4) is 0 Å². The molecule has 0 amide bonds. The lowest BCUT2D eigenvalue weighted by Crippen LogP contribution is -2.05. The fourth-order valence-electron chi connectivity index (χ4n) is 2.20. The summed E-state index contributed by atoms with van der Waals surface area (Å²) in [6.07, 6.45) is 9.18. The monoisotopic (exact) mass is 264 g/mol. The lowest BCUT2D eigenvalue weighted by atomic mass is 9.88. The molecule has 0 nitrogen and oxygen atoms in total. The van der Waals surface area contributed by atoms with Crippen LogP contribution in [0.2, 0.25) is 0 Å². The Balaban J connectivity index is 2.06. The van der Waals surface area contributed by atoms with Crippen LogP contribution in [-0.2, 0) is 0 Å². The van der Waals surface area contributed by atoms with Crippen LogP contribution in [0, 0.1) is 5.92 Å². The first kappa shape index (κ1) is 10.9. The van der Waals surface area contributed by atoms with Crippen molar-refractivity contribution in [2.45, 2.75) is 32.1 Å². The van der Waals surface area contributed by atoms with E-state index < -0.39 is 0 Å². The molecule has 0 aliphatic heterocycles. The SMILES string of the molecule is Br/C(=C/c1ccccc1)C1CCCCC1. The van der Waals surface area contributed by atoms with E-state index in [4.69, 9.17) is 0 Å². The lowest BCUT2D eigenvalue weighted by molar-refractivity contribution is 0.417. The summed E-state index contributed by atoms with van der Waals surface area (Å²) in [6, 6.07) is 10.6. The molecule has 1 aliphatic carbocycles. The highest BCUT2D eigenvalue weighted by molar-refractivity contribution is 9.11. The van der Waals surface area contributed by atoms with Crippen molar-refractivity contribution in [2.75, 3.05) is 0 Å². The predicted molar refractivity (Wildman–Crippen MR) is 69.9 cm³/mol. The van der Waals surface area contributed by atoms with E-state index in [-0.39, 0.29) is 0 Å². The second-order valence-electron chi connectivity index (χ2n) is 4.27. The molecule has 0 radical (unpaired) electrons. The first-order chi connectivity index (χ1) is 7.36. The van der Waals surface area contributed by atoms with E-state index in [1.54, 1.807) is 0 Å². The summed E-state index contributed by atoms with van der Waals surface area (Å²) >= 11 is 3.74. The van der Waals surface area contributed by atoms with E-state index >= 15 is 0 Å². The van der Waals surface area contributed by atoms with E-state index in [1.165, 1.54) is 42.1 Å². The van der Waals surface area contributed by atoms with E-state index in [9.17, 15) is 0 Å². The molecule has 80 valence electrons. The van der Waals surface area contributed by atoms with Crippen molar-refractivity contribution < 1.29 is 0 Å². The van der Waals surface area contributed by atoms with Crippen LogP contribution >= 0.6 is 15.9 Å². The third-order valence-electron chi connectivity index (χ3n) is 3.10. The number of benzene rings is 1. The molecule has 15 heavy (non-hydrogen) atoms. The maximum Gasteiger partial charge on any atom is -0.00124 e. The molecule has 1 aromatic rings. The van der Waals surface area contributed by atoms with Crippen molar-refractivity contribution in [3.05, 3.63) is 40.4 Å². The Morgan fingerprint density at radius 3 is 2.40 bits per heavy atom. The third kappa shape index (κ3) is 3.20. The van der Waals surface area contributed by atoms with Crippen LogP contribution in [0.5, 0.6) is 0 Å². The Bertz CT molecular complexity index is 320. The molecule has 0 aromatic heterocycles. The van der Waals surface area contributed by atoms with Gasteiger partial charge in [-0.05, 0) is 34.9 Å². The first-order valence-corrected chi connectivity index (χ1v) is 6.58. The van der Waals surface area contributed by atoms with Crippen LogP contribution < -0.4 is 0 Å². The third-order valence-corrected chi connectivity index (χ3v) is 3.98. The van der Waals surface area contributed by atoms with Crippen LogP contribution in [0.25, 0.3) is 6.08 Å². The summed E-state index contributed by atoms with van der Waals surface area (Å²) in [6.45, 7) is 0. The lowest BCUT2D eigenvalue weighted by Gasteiger charge is -2.21. The Morgan fingerprint density at radius 1 is 1.07 bits per heavy atom. The van der Waals surface area contributed by atoms with Gasteiger partial charge in [0.05, 0.1) is 0 Å². The maximum absolute atomic E-state index is 3.74. The van der Waals surface area contributed by atoms with Gasteiger partial charge in [-0.1, -0.05) is 65.5 Å². The van der Waals surface area contributed by atoms with Crippen molar-refractivity contribution in [1.29, 1.82) is 0 Å². The fraction of sp³-hybridized carbons (Fsp3) is 0.429. The molecule has 0 saturated heterocycles. The number of hydrogen-bond donors (Lipinski definition) is 0. The van der Waals surface area contributed by atoms with Gasteiger partial charge in [-0.2, -0.15) is 0 Å². The topological polar surface area (TPSA) is 0 Å². The standard InChI is InChI=1S/C14H17Br/c15-14(13-9-5-2-6-10-13)11-12-7-3-1-4-8-12/h1,3-4,7-8,11,13H,2,5-6,9-10H2/b14-11+. The van der Waals surface area contributed by atoms with Gasteiger partial charge in [-0.3, -0.25) is 0 Å². The summed E-state index contributed by atoms with van der Waals surface area (Å²) in [4.78, 5) is 0. The van der Waals surface area contributed by atoms with Crippen molar-refractivity contribution in [2.24, 2.45) is 5.92 Å². The maximum atomic E-state index is 3.74. The van der Waals surface area contributed by atoms with Crippen LogP contribution in [0.1, 0.15) is 37.7 Å². The molecular weight excluding hydrogens is 248 g/mol. The van der Waals surface area contributed by atoms with E-state index in [0.29, 0.717) is 0 Å². The summed E-state index contributed by atoms with van der Waals surface area (Å²) < 4.78 is 1.38.